The van der Waals surface area contributed by atoms with Gasteiger partial charge >= 0.3 is 0 Å². The Kier molecular flexibility index (Phi) is 2.25. The molecule has 0 saturated carbocycles. The molecule has 2 rings (SSSR count). The molecule has 1 aromatic rings. The van der Waals surface area contributed by atoms with Crippen molar-refractivity contribution < 1.29 is 0 Å². The van der Waals surface area contributed by atoms with E-state index in [9.17, 15) is 0 Å². The van der Waals surface area contributed by atoms with Crippen LogP contribution in [0.2, 0.25) is 6.32 Å². The van der Waals surface area contributed by atoms with E-state index in [1.165, 1.54) is 23.9 Å². The van der Waals surface area contributed by atoms with E-state index in [1.54, 1.807) is 0 Å². The molecule has 1 aliphatic rings. The van der Waals surface area contributed by atoms with Crippen LogP contribution in [-0.2, 0) is 6.42 Å². The molecule has 0 saturated heterocycles. The molecule has 0 spiro atoms. The van der Waals surface area contributed by atoms with Gasteiger partial charge in [0.05, 0.1) is 0 Å². The van der Waals surface area contributed by atoms with E-state index < -0.39 is 0 Å². The van der Waals surface area contributed by atoms with Crippen LogP contribution in [0.5, 0.6) is 0 Å². The lowest BCUT2D eigenvalue weighted by molar-refractivity contribution is 0.852. The van der Waals surface area contributed by atoms with Gasteiger partial charge < -0.3 is 5.23 Å². The normalized spacial score (nSPS) is 14.7. The molecule has 1 aliphatic heterocycles. The monoisotopic (exact) mass is 174 g/mol. The number of nitrogens with one attached hydrogen (secondary N) is 1. The van der Waals surface area contributed by atoms with E-state index in [1.807, 2.05) is 6.20 Å². The number of hydrogen-bond acceptors (Lipinski definition) is 2. The van der Waals surface area contributed by atoms with Gasteiger partial charge in [0, 0.05) is 6.20 Å². The molecule has 0 amide bonds. The minimum atomic E-state index is 0.583. The summed E-state index contributed by atoms with van der Waals surface area (Å²) in [5.41, 5.74) is 2.74. The molecule has 0 bridgehead atoms. The summed E-state index contributed by atoms with van der Waals surface area (Å²) in [7, 11) is 1.07. The Bertz CT molecular complexity index is 310. The third-order valence-corrected chi connectivity index (χ3v) is 2.57. The number of fused-ring (bicyclic) bond motifs is 1. The third-order valence-electron chi connectivity index (χ3n) is 2.57. The number of pyridine rings is 1. The Labute approximate surface area is 80.0 Å². The summed E-state index contributed by atoms with van der Waals surface area (Å²) in [4.78, 5) is 4.43. The van der Waals surface area contributed by atoms with Gasteiger partial charge in [-0.3, -0.25) is 0 Å². The van der Waals surface area contributed by atoms with Gasteiger partial charge in [0.25, 0.3) is 0 Å². The zero-order valence-electron chi connectivity index (χ0n) is 8.30. The average molecular weight is 174 g/mol. The van der Waals surface area contributed by atoms with Crippen molar-refractivity contribution in [3.8, 4) is 0 Å². The lowest BCUT2D eigenvalue weighted by atomic mass is 9.81. The predicted molar refractivity (Wildman–Crippen MR) is 57.6 cm³/mol. The summed E-state index contributed by atoms with van der Waals surface area (Å²) < 4.78 is 0. The molecule has 0 aromatic carbocycles. The molecule has 68 valence electrons. The van der Waals surface area contributed by atoms with Gasteiger partial charge in [0.15, 0.2) is 0 Å². The van der Waals surface area contributed by atoms with Gasteiger partial charge in [-0.1, -0.05) is 26.2 Å². The lowest BCUT2D eigenvalue weighted by Gasteiger charge is -2.17. The standard InChI is InChI=1S/C10H15BN2/c1-7(2)9-5-8-3-4-11-13-10(8)12-6-9/h5-7,11H,3-4H2,1-2H3,(H,12,13). The number of aromatic nitrogens is 1. The van der Waals surface area contributed by atoms with Gasteiger partial charge in [0.1, 0.15) is 5.82 Å². The summed E-state index contributed by atoms with van der Waals surface area (Å²) in [5, 5.41) is 3.32. The Hall–Kier alpha value is -0.985. The Balaban J connectivity index is 2.35. The lowest BCUT2D eigenvalue weighted by Crippen LogP contribution is -2.16. The Morgan fingerprint density at radius 2 is 2.38 bits per heavy atom. The van der Waals surface area contributed by atoms with Crippen molar-refractivity contribution in [1.29, 1.82) is 0 Å². The maximum Gasteiger partial charge on any atom is 0.234 e. The minimum Gasteiger partial charge on any atom is -0.416 e. The van der Waals surface area contributed by atoms with E-state index in [2.05, 4.69) is 30.1 Å². The van der Waals surface area contributed by atoms with Crippen molar-refractivity contribution in [3.63, 3.8) is 0 Å². The first-order valence-electron chi connectivity index (χ1n) is 5.00. The number of anilines is 1. The molecule has 0 atom stereocenters. The van der Waals surface area contributed by atoms with Crippen LogP contribution >= 0.6 is 0 Å². The van der Waals surface area contributed by atoms with Crippen LogP contribution < -0.4 is 5.23 Å². The highest BCUT2D eigenvalue weighted by molar-refractivity contribution is 6.41. The van der Waals surface area contributed by atoms with Crippen molar-refractivity contribution in [3.05, 3.63) is 23.4 Å². The molecule has 0 aliphatic carbocycles. The second kappa shape index (κ2) is 3.40. The molecular formula is C10H15BN2. The molecule has 1 aromatic heterocycles. The number of rotatable bonds is 1. The van der Waals surface area contributed by atoms with Crippen molar-refractivity contribution in [2.24, 2.45) is 0 Å². The van der Waals surface area contributed by atoms with Crippen molar-refractivity contribution in [1.82, 2.24) is 4.98 Å². The molecule has 2 nitrogen and oxygen atoms in total. The topological polar surface area (TPSA) is 24.9 Å². The van der Waals surface area contributed by atoms with E-state index in [0.717, 1.165) is 13.2 Å². The highest BCUT2D eigenvalue weighted by atomic mass is 14.9. The molecule has 0 unspecified atom stereocenters. The van der Waals surface area contributed by atoms with Crippen LogP contribution in [-0.4, -0.2) is 12.4 Å². The van der Waals surface area contributed by atoms with Crippen LogP contribution in [0.15, 0.2) is 12.3 Å². The molecule has 0 fully saturated rings. The van der Waals surface area contributed by atoms with Gasteiger partial charge in [-0.25, -0.2) is 4.98 Å². The fourth-order valence-electron chi connectivity index (χ4n) is 1.68. The first-order valence-corrected chi connectivity index (χ1v) is 5.00. The number of nitrogens with zero attached hydrogens (tertiary/aromatic N) is 1. The second-order valence-electron chi connectivity index (χ2n) is 3.96. The summed E-state index contributed by atoms with van der Waals surface area (Å²) in [6, 6.07) is 2.29. The fourth-order valence-corrected chi connectivity index (χ4v) is 1.68. The van der Waals surface area contributed by atoms with Crippen molar-refractivity contribution in [2.45, 2.75) is 32.5 Å². The first kappa shape index (κ1) is 8.61. The first-order chi connectivity index (χ1) is 6.27. The fraction of sp³-hybridized carbons (Fsp3) is 0.500. The van der Waals surface area contributed by atoms with E-state index in [-0.39, 0.29) is 0 Å². The van der Waals surface area contributed by atoms with E-state index >= 15 is 0 Å². The zero-order valence-corrected chi connectivity index (χ0v) is 8.30. The molecule has 0 radical (unpaired) electrons. The van der Waals surface area contributed by atoms with Crippen molar-refractivity contribution >= 4 is 13.2 Å². The van der Waals surface area contributed by atoms with Crippen LogP contribution in [0.3, 0.4) is 0 Å². The molecular weight excluding hydrogens is 159 g/mol. The molecule has 3 heteroatoms. The minimum absolute atomic E-state index is 0.583. The van der Waals surface area contributed by atoms with Crippen LogP contribution in [0.25, 0.3) is 0 Å². The van der Waals surface area contributed by atoms with Gasteiger partial charge in [-0.2, -0.15) is 0 Å². The van der Waals surface area contributed by atoms with Crippen molar-refractivity contribution in [2.75, 3.05) is 5.23 Å². The Morgan fingerprint density at radius 1 is 1.54 bits per heavy atom. The molecule has 13 heavy (non-hydrogen) atoms. The average Bonchev–Trinajstić information content (AvgIpc) is 2.17. The smallest absolute Gasteiger partial charge is 0.234 e. The van der Waals surface area contributed by atoms with Gasteiger partial charge in [-0.05, 0) is 23.5 Å². The van der Waals surface area contributed by atoms with Crippen LogP contribution in [0, 0.1) is 0 Å². The molecule has 2 heterocycles. The van der Waals surface area contributed by atoms with E-state index in [0.29, 0.717) is 5.92 Å². The summed E-state index contributed by atoms with van der Waals surface area (Å²) >= 11 is 0. The predicted octanol–water partition coefficient (Wildman–Crippen LogP) is 1.94. The van der Waals surface area contributed by atoms with Gasteiger partial charge in [0.2, 0.25) is 7.41 Å². The van der Waals surface area contributed by atoms with Gasteiger partial charge in [-0.15, -0.1) is 0 Å². The Morgan fingerprint density at radius 3 is 3.15 bits per heavy atom. The maximum absolute atomic E-state index is 4.43. The maximum atomic E-state index is 4.43. The zero-order chi connectivity index (χ0) is 9.26. The van der Waals surface area contributed by atoms with Crippen LogP contribution in [0.1, 0.15) is 30.9 Å². The summed E-state index contributed by atoms with van der Waals surface area (Å²) in [5.74, 6) is 1.68. The second-order valence-corrected chi connectivity index (χ2v) is 3.96. The number of aryl methyl sites for hydroxylation is 1. The van der Waals surface area contributed by atoms with E-state index in [4.69, 9.17) is 0 Å². The highest BCUT2D eigenvalue weighted by Gasteiger charge is 2.11. The third kappa shape index (κ3) is 1.69. The highest BCUT2D eigenvalue weighted by Crippen LogP contribution is 2.23. The SMILES string of the molecule is CC(C)c1cnc2c(c1)CCBN2. The summed E-state index contributed by atoms with van der Waals surface area (Å²) in [6.45, 7) is 4.42. The molecule has 1 N–H and O–H groups in total. The quantitative estimate of drug-likeness (QED) is 0.658. The summed E-state index contributed by atoms with van der Waals surface area (Å²) in [6.07, 6.45) is 4.40. The van der Waals surface area contributed by atoms with Crippen LogP contribution in [0.4, 0.5) is 5.82 Å². The number of hydrogen-bond donors (Lipinski definition) is 1. The largest absolute Gasteiger partial charge is 0.416 e.